The highest BCUT2D eigenvalue weighted by Crippen LogP contribution is 2.32. The topological polar surface area (TPSA) is 66.9 Å². The van der Waals surface area contributed by atoms with Crippen LogP contribution in [0.2, 0.25) is 0 Å². The number of nitrogens with zero attached hydrogens (tertiary/aromatic N) is 1. The van der Waals surface area contributed by atoms with E-state index >= 15 is 0 Å². The summed E-state index contributed by atoms with van der Waals surface area (Å²) in [6.45, 7) is 12.0. The molecule has 1 aromatic carbocycles. The van der Waals surface area contributed by atoms with E-state index < -0.39 is 0 Å². The van der Waals surface area contributed by atoms with Crippen LogP contribution in [0.5, 0.6) is 11.5 Å². The molecule has 0 aromatic heterocycles. The number of guanidine groups is 1. The standard InChI is InChI=1S/C17H28N4O2.HI/c1-5-18-16(19-8-9-21-17(2,3)4)20-11-13-6-7-14-15(10-13)23-12-22-14;/h6-7,10,21H,5,8-9,11-12H2,1-4H3,(H2,18,19,20);1H. The van der Waals surface area contributed by atoms with Gasteiger partial charge in [0.25, 0.3) is 0 Å². The van der Waals surface area contributed by atoms with Crippen LogP contribution in [-0.4, -0.2) is 37.9 Å². The van der Waals surface area contributed by atoms with Crippen LogP contribution in [0.25, 0.3) is 0 Å². The first-order chi connectivity index (χ1) is 11.0. The average molecular weight is 448 g/mol. The van der Waals surface area contributed by atoms with Crippen molar-refractivity contribution >= 4 is 29.9 Å². The molecular weight excluding hydrogens is 419 g/mol. The maximum atomic E-state index is 5.39. The Bertz CT molecular complexity index is 544. The van der Waals surface area contributed by atoms with Gasteiger partial charge in [0.1, 0.15) is 0 Å². The second kappa shape index (κ2) is 9.93. The van der Waals surface area contributed by atoms with Crippen molar-refractivity contribution in [3.05, 3.63) is 23.8 Å². The maximum absolute atomic E-state index is 5.39. The van der Waals surface area contributed by atoms with Crippen LogP contribution in [0.4, 0.5) is 0 Å². The van der Waals surface area contributed by atoms with Gasteiger partial charge in [0.2, 0.25) is 6.79 Å². The van der Waals surface area contributed by atoms with Gasteiger partial charge in [0.15, 0.2) is 17.5 Å². The Balaban J connectivity index is 0.00000288. The zero-order valence-corrected chi connectivity index (χ0v) is 17.3. The molecule has 0 fully saturated rings. The van der Waals surface area contributed by atoms with Crippen LogP contribution < -0.4 is 25.4 Å². The minimum atomic E-state index is 0. The second-order valence-corrected chi connectivity index (χ2v) is 6.49. The fraction of sp³-hybridized carbons (Fsp3) is 0.588. The van der Waals surface area contributed by atoms with Crippen LogP contribution in [0, 0.1) is 0 Å². The number of benzene rings is 1. The number of hydrogen-bond acceptors (Lipinski definition) is 4. The summed E-state index contributed by atoms with van der Waals surface area (Å²) < 4.78 is 10.7. The van der Waals surface area contributed by atoms with Crippen molar-refractivity contribution in [2.24, 2.45) is 4.99 Å². The minimum Gasteiger partial charge on any atom is -0.454 e. The van der Waals surface area contributed by atoms with E-state index in [1.54, 1.807) is 0 Å². The summed E-state index contributed by atoms with van der Waals surface area (Å²) in [4.78, 5) is 4.61. The summed E-state index contributed by atoms with van der Waals surface area (Å²) in [6.07, 6.45) is 0. The zero-order chi connectivity index (χ0) is 16.7. The molecule has 7 heteroatoms. The monoisotopic (exact) mass is 448 g/mol. The average Bonchev–Trinajstić information content (AvgIpc) is 2.95. The van der Waals surface area contributed by atoms with E-state index in [2.05, 4.69) is 48.6 Å². The molecule has 0 atom stereocenters. The van der Waals surface area contributed by atoms with Gasteiger partial charge in [-0.15, -0.1) is 24.0 Å². The van der Waals surface area contributed by atoms with E-state index in [-0.39, 0.29) is 29.5 Å². The summed E-state index contributed by atoms with van der Waals surface area (Å²) in [5.41, 5.74) is 1.23. The van der Waals surface area contributed by atoms with Crippen LogP contribution in [0.1, 0.15) is 33.3 Å². The number of fused-ring (bicyclic) bond motifs is 1. The van der Waals surface area contributed by atoms with Gasteiger partial charge in [0.05, 0.1) is 6.54 Å². The SMILES string of the molecule is CCNC(=NCc1ccc2c(c1)OCO2)NCCNC(C)(C)C.I. The number of aliphatic imine (C=N–C) groups is 1. The number of nitrogens with one attached hydrogen (secondary N) is 3. The van der Waals surface area contributed by atoms with Gasteiger partial charge >= 0.3 is 0 Å². The molecule has 2 rings (SSSR count). The molecular formula is C17H29IN4O2. The Morgan fingerprint density at radius 2 is 1.88 bits per heavy atom. The fourth-order valence-corrected chi connectivity index (χ4v) is 2.17. The Morgan fingerprint density at radius 1 is 1.12 bits per heavy atom. The third-order valence-corrected chi connectivity index (χ3v) is 3.27. The van der Waals surface area contributed by atoms with Crippen molar-refractivity contribution in [3.63, 3.8) is 0 Å². The molecule has 0 spiro atoms. The maximum Gasteiger partial charge on any atom is 0.231 e. The van der Waals surface area contributed by atoms with E-state index in [1.807, 2.05) is 18.2 Å². The van der Waals surface area contributed by atoms with Crippen molar-refractivity contribution in [3.8, 4) is 11.5 Å². The fourth-order valence-electron chi connectivity index (χ4n) is 2.17. The Labute approximate surface area is 161 Å². The van der Waals surface area contributed by atoms with Crippen molar-refractivity contribution in [1.82, 2.24) is 16.0 Å². The molecule has 1 aromatic rings. The van der Waals surface area contributed by atoms with Gasteiger partial charge in [0, 0.05) is 25.2 Å². The van der Waals surface area contributed by atoms with Crippen molar-refractivity contribution in [2.75, 3.05) is 26.4 Å². The molecule has 6 nitrogen and oxygen atoms in total. The first-order valence-electron chi connectivity index (χ1n) is 8.13. The highest BCUT2D eigenvalue weighted by atomic mass is 127. The molecule has 1 aliphatic rings. The van der Waals surface area contributed by atoms with Gasteiger partial charge < -0.3 is 25.4 Å². The summed E-state index contributed by atoms with van der Waals surface area (Å²) in [5.74, 6) is 2.42. The Morgan fingerprint density at radius 3 is 2.58 bits per heavy atom. The molecule has 0 unspecified atom stereocenters. The van der Waals surface area contributed by atoms with Gasteiger partial charge in [-0.25, -0.2) is 4.99 Å². The van der Waals surface area contributed by atoms with Gasteiger partial charge in [-0.05, 0) is 45.4 Å². The first-order valence-corrected chi connectivity index (χ1v) is 8.13. The van der Waals surface area contributed by atoms with E-state index in [4.69, 9.17) is 9.47 Å². The highest BCUT2D eigenvalue weighted by Gasteiger charge is 2.13. The van der Waals surface area contributed by atoms with Gasteiger partial charge in [-0.2, -0.15) is 0 Å². The van der Waals surface area contributed by atoms with Crippen molar-refractivity contribution in [2.45, 2.75) is 39.8 Å². The van der Waals surface area contributed by atoms with E-state index in [0.717, 1.165) is 42.7 Å². The number of halogens is 1. The Kier molecular flexibility index (Phi) is 8.61. The number of hydrogen-bond donors (Lipinski definition) is 3. The quantitative estimate of drug-likeness (QED) is 0.270. The first kappa shape index (κ1) is 20.8. The van der Waals surface area contributed by atoms with Crippen LogP contribution >= 0.6 is 24.0 Å². The minimum absolute atomic E-state index is 0. The van der Waals surface area contributed by atoms with Crippen LogP contribution in [0.15, 0.2) is 23.2 Å². The summed E-state index contributed by atoms with van der Waals surface area (Å²) in [6, 6.07) is 5.93. The molecule has 0 saturated heterocycles. The summed E-state index contributed by atoms with van der Waals surface area (Å²) in [7, 11) is 0. The lowest BCUT2D eigenvalue weighted by Gasteiger charge is -2.21. The van der Waals surface area contributed by atoms with Crippen molar-refractivity contribution < 1.29 is 9.47 Å². The summed E-state index contributed by atoms with van der Waals surface area (Å²) >= 11 is 0. The number of ether oxygens (including phenoxy) is 2. The van der Waals surface area contributed by atoms with Gasteiger partial charge in [-0.1, -0.05) is 6.07 Å². The van der Waals surface area contributed by atoms with E-state index in [1.165, 1.54) is 0 Å². The van der Waals surface area contributed by atoms with Gasteiger partial charge in [-0.3, -0.25) is 0 Å². The molecule has 0 aliphatic carbocycles. The molecule has 24 heavy (non-hydrogen) atoms. The second-order valence-electron chi connectivity index (χ2n) is 6.49. The predicted molar refractivity (Wildman–Crippen MR) is 109 cm³/mol. The lowest BCUT2D eigenvalue weighted by atomic mass is 10.1. The van der Waals surface area contributed by atoms with Crippen LogP contribution in [0.3, 0.4) is 0 Å². The third-order valence-electron chi connectivity index (χ3n) is 3.27. The molecule has 0 bridgehead atoms. The third kappa shape index (κ3) is 7.12. The molecule has 136 valence electrons. The lowest BCUT2D eigenvalue weighted by molar-refractivity contribution is 0.174. The molecule has 0 radical (unpaired) electrons. The zero-order valence-electron chi connectivity index (χ0n) is 14.9. The smallest absolute Gasteiger partial charge is 0.231 e. The van der Waals surface area contributed by atoms with E-state index in [0.29, 0.717) is 13.3 Å². The van der Waals surface area contributed by atoms with E-state index in [9.17, 15) is 0 Å². The predicted octanol–water partition coefficient (Wildman–Crippen LogP) is 2.48. The normalized spacial score (nSPS) is 13.4. The molecule has 3 N–H and O–H groups in total. The molecule has 0 amide bonds. The molecule has 1 heterocycles. The highest BCUT2D eigenvalue weighted by molar-refractivity contribution is 14.0. The largest absolute Gasteiger partial charge is 0.454 e. The molecule has 0 saturated carbocycles. The number of rotatable bonds is 6. The lowest BCUT2D eigenvalue weighted by Crippen LogP contribution is -2.44. The summed E-state index contributed by atoms with van der Waals surface area (Å²) in [5, 5.41) is 10.0. The van der Waals surface area contributed by atoms with Crippen LogP contribution in [-0.2, 0) is 6.54 Å². The van der Waals surface area contributed by atoms with Crippen molar-refractivity contribution in [1.29, 1.82) is 0 Å². The molecule has 1 aliphatic heterocycles. The Hall–Kier alpha value is -1.22.